The van der Waals surface area contributed by atoms with Gasteiger partial charge in [0.25, 0.3) is 0 Å². The average Bonchev–Trinajstić information content (AvgIpc) is 2.12. The van der Waals surface area contributed by atoms with Crippen molar-refractivity contribution in [3.63, 3.8) is 0 Å². The monoisotopic (exact) mass is 178 g/mol. The van der Waals surface area contributed by atoms with E-state index in [1.807, 2.05) is 0 Å². The Labute approximate surface area is 80.5 Å². The standard InChI is InChI=1S/C11H18N2/c12-8-10-4-6-13(7-5-10)9-11-2-1-3-11/h10-11H,1-7,9H2. The molecule has 1 aliphatic heterocycles. The van der Waals surface area contributed by atoms with Gasteiger partial charge in [0.05, 0.1) is 6.07 Å². The molecule has 0 atom stereocenters. The Kier molecular flexibility index (Phi) is 2.85. The molecule has 2 rings (SSSR count). The molecule has 2 nitrogen and oxygen atoms in total. The van der Waals surface area contributed by atoms with Gasteiger partial charge in [-0.05, 0) is 44.7 Å². The fourth-order valence-electron chi connectivity index (χ4n) is 2.29. The predicted molar refractivity (Wildman–Crippen MR) is 52.1 cm³/mol. The number of hydrogen-bond donors (Lipinski definition) is 0. The lowest BCUT2D eigenvalue weighted by atomic mass is 9.84. The van der Waals surface area contributed by atoms with Crippen LogP contribution in [0.25, 0.3) is 0 Å². The number of hydrogen-bond acceptors (Lipinski definition) is 2. The highest BCUT2D eigenvalue weighted by atomic mass is 15.1. The van der Waals surface area contributed by atoms with Gasteiger partial charge in [-0.25, -0.2) is 0 Å². The number of nitrogens with zero attached hydrogens (tertiary/aromatic N) is 2. The summed E-state index contributed by atoms with van der Waals surface area (Å²) in [5.41, 5.74) is 0. The van der Waals surface area contributed by atoms with E-state index in [1.165, 1.54) is 25.8 Å². The van der Waals surface area contributed by atoms with Crippen LogP contribution in [0.15, 0.2) is 0 Å². The van der Waals surface area contributed by atoms with Crippen molar-refractivity contribution in [2.75, 3.05) is 19.6 Å². The van der Waals surface area contributed by atoms with Crippen molar-refractivity contribution in [2.24, 2.45) is 11.8 Å². The molecule has 0 bridgehead atoms. The second-order valence-corrected chi connectivity index (χ2v) is 4.50. The second-order valence-electron chi connectivity index (χ2n) is 4.50. The molecule has 0 unspecified atom stereocenters. The van der Waals surface area contributed by atoms with Crippen molar-refractivity contribution in [3.8, 4) is 6.07 Å². The Balaban J connectivity index is 1.69. The van der Waals surface area contributed by atoms with Crippen molar-refractivity contribution in [2.45, 2.75) is 32.1 Å². The lowest BCUT2D eigenvalue weighted by Gasteiger charge is -2.35. The van der Waals surface area contributed by atoms with Gasteiger partial charge < -0.3 is 4.90 Å². The van der Waals surface area contributed by atoms with E-state index in [0.717, 1.165) is 31.8 Å². The Morgan fingerprint density at radius 3 is 2.31 bits per heavy atom. The Hall–Kier alpha value is -0.550. The Morgan fingerprint density at radius 1 is 1.15 bits per heavy atom. The van der Waals surface area contributed by atoms with Crippen molar-refractivity contribution in [1.82, 2.24) is 4.90 Å². The summed E-state index contributed by atoms with van der Waals surface area (Å²) in [4.78, 5) is 2.55. The zero-order chi connectivity index (χ0) is 9.10. The van der Waals surface area contributed by atoms with E-state index in [0.29, 0.717) is 5.92 Å². The molecule has 1 aliphatic carbocycles. The summed E-state index contributed by atoms with van der Waals surface area (Å²) >= 11 is 0. The molecule has 0 radical (unpaired) electrons. The quantitative estimate of drug-likeness (QED) is 0.647. The number of rotatable bonds is 2. The van der Waals surface area contributed by atoms with E-state index in [-0.39, 0.29) is 0 Å². The van der Waals surface area contributed by atoms with E-state index < -0.39 is 0 Å². The maximum absolute atomic E-state index is 8.75. The van der Waals surface area contributed by atoms with Gasteiger partial charge in [0, 0.05) is 12.5 Å². The maximum Gasteiger partial charge on any atom is 0.0656 e. The summed E-state index contributed by atoms with van der Waals surface area (Å²) in [5, 5.41) is 8.75. The number of likely N-dealkylation sites (tertiary alicyclic amines) is 1. The van der Waals surface area contributed by atoms with E-state index in [1.54, 1.807) is 0 Å². The van der Waals surface area contributed by atoms with Crippen LogP contribution in [0.5, 0.6) is 0 Å². The molecule has 0 spiro atoms. The highest BCUT2D eigenvalue weighted by molar-refractivity contribution is 4.88. The fourth-order valence-corrected chi connectivity index (χ4v) is 2.29. The first kappa shape index (κ1) is 9.02. The van der Waals surface area contributed by atoms with Crippen LogP contribution in [0, 0.1) is 23.2 Å². The van der Waals surface area contributed by atoms with Crippen molar-refractivity contribution in [1.29, 1.82) is 5.26 Å². The van der Waals surface area contributed by atoms with E-state index in [9.17, 15) is 0 Å². The molecule has 0 aromatic heterocycles. The summed E-state index contributed by atoms with van der Waals surface area (Å²) in [7, 11) is 0. The molecule has 1 heterocycles. The Morgan fingerprint density at radius 2 is 1.85 bits per heavy atom. The number of piperidine rings is 1. The largest absolute Gasteiger partial charge is 0.303 e. The molecule has 2 fully saturated rings. The summed E-state index contributed by atoms with van der Waals surface area (Å²) in [6.45, 7) is 3.63. The molecule has 2 heteroatoms. The summed E-state index contributed by atoms with van der Waals surface area (Å²) in [6, 6.07) is 2.38. The predicted octanol–water partition coefficient (Wildman–Crippen LogP) is 2.02. The molecule has 2 aliphatic rings. The zero-order valence-corrected chi connectivity index (χ0v) is 8.21. The van der Waals surface area contributed by atoms with Crippen LogP contribution in [0.4, 0.5) is 0 Å². The average molecular weight is 178 g/mol. The van der Waals surface area contributed by atoms with E-state index >= 15 is 0 Å². The minimum atomic E-state index is 0.345. The lowest BCUT2D eigenvalue weighted by Crippen LogP contribution is -2.38. The van der Waals surface area contributed by atoms with Gasteiger partial charge >= 0.3 is 0 Å². The molecule has 1 saturated heterocycles. The first-order valence-electron chi connectivity index (χ1n) is 5.50. The minimum absolute atomic E-state index is 0.345. The smallest absolute Gasteiger partial charge is 0.0656 e. The zero-order valence-electron chi connectivity index (χ0n) is 8.21. The molecule has 0 aromatic rings. The van der Waals surface area contributed by atoms with Crippen LogP contribution in [0.1, 0.15) is 32.1 Å². The molecule has 1 saturated carbocycles. The maximum atomic E-state index is 8.75. The van der Waals surface area contributed by atoms with Crippen LogP contribution in [-0.4, -0.2) is 24.5 Å². The van der Waals surface area contributed by atoms with Gasteiger partial charge in [0.15, 0.2) is 0 Å². The SMILES string of the molecule is N#CC1CCN(CC2CCC2)CC1. The van der Waals surface area contributed by atoms with Gasteiger partial charge in [-0.3, -0.25) is 0 Å². The van der Waals surface area contributed by atoms with Gasteiger partial charge in [-0.2, -0.15) is 5.26 Å². The molecule has 72 valence electrons. The van der Waals surface area contributed by atoms with Crippen LogP contribution < -0.4 is 0 Å². The summed E-state index contributed by atoms with van der Waals surface area (Å²) < 4.78 is 0. The topological polar surface area (TPSA) is 27.0 Å². The van der Waals surface area contributed by atoms with Gasteiger partial charge in [0.2, 0.25) is 0 Å². The molecule has 13 heavy (non-hydrogen) atoms. The van der Waals surface area contributed by atoms with Crippen molar-refractivity contribution < 1.29 is 0 Å². The molecule has 0 amide bonds. The summed E-state index contributed by atoms with van der Waals surface area (Å²) in [5.74, 6) is 1.33. The molecule has 0 aromatic carbocycles. The normalized spacial score (nSPS) is 26.7. The second kappa shape index (κ2) is 4.11. The van der Waals surface area contributed by atoms with Crippen LogP contribution >= 0.6 is 0 Å². The van der Waals surface area contributed by atoms with Crippen LogP contribution in [0.2, 0.25) is 0 Å². The van der Waals surface area contributed by atoms with Gasteiger partial charge in [-0.15, -0.1) is 0 Å². The molecule has 0 N–H and O–H groups in total. The highest BCUT2D eigenvalue weighted by Crippen LogP contribution is 2.28. The number of nitriles is 1. The van der Waals surface area contributed by atoms with Crippen LogP contribution in [0.3, 0.4) is 0 Å². The van der Waals surface area contributed by atoms with Gasteiger partial charge in [-0.1, -0.05) is 6.42 Å². The van der Waals surface area contributed by atoms with Crippen molar-refractivity contribution in [3.05, 3.63) is 0 Å². The third-order valence-electron chi connectivity index (χ3n) is 3.51. The van der Waals surface area contributed by atoms with Crippen LogP contribution in [-0.2, 0) is 0 Å². The highest BCUT2D eigenvalue weighted by Gasteiger charge is 2.24. The third kappa shape index (κ3) is 2.22. The third-order valence-corrected chi connectivity index (χ3v) is 3.51. The summed E-state index contributed by atoms with van der Waals surface area (Å²) in [6.07, 6.45) is 6.53. The van der Waals surface area contributed by atoms with E-state index in [2.05, 4.69) is 11.0 Å². The van der Waals surface area contributed by atoms with Crippen molar-refractivity contribution >= 4 is 0 Å². The van der Waals surface area contributed by atoms with Gasteiger partial charge in [0.1, 0.15) is 0 Å². The first-order valence-corrected chi connectivity index (χ1v) is 5.50. The Bertz CT molecular complexity index is 195. The molecular formula is C11H18N2. The van der Waals surface area contributed by atoms with E-state index in [4.69, 9.17) is 5.26 Å². The molecular weight excluding hydrogens is 160 g/mol. The minimum Gasteiger partial charge on any atom is -0.303 e. The fraction of sp³-hybridized carbons (Fsp3) is 0.909. The first-order chi connectivity index (χ1) is 6.38. The lowest BCUT2D eigenvalue weighted by molar-refractivity contribution is 0.143.